The SMILES string of the molecule is Cc1cccc(C=C2N=C(c3ccccc3[N+](=O)[O-])OC2=O)c1. The zero-order valence-corrected chi connectivity index (χ0v) is 12.2. The lowest BCUT2D eigenvalue weighted by Crippen LogP contribution is -2.07. The highest BCUT2D eigenvalue weighted by molar-refractivity contribution is 6.14. The third-order valence-corrected chi connectivity index (χ3v) is 3.30. The first-order valence-electron chi connectivity index (χ1n) is 6.87. The van der Waals surface area contributed by atoms with Crippen LogP contribution in [0.25, 0.3) is 6.08 Å². The number of hydrogen-bond acceptors (Lipinski definition) is 5. The van der Waals surface area contributed by atoms with Gasteiger partial charge in [-0.1, -0.05) is 42.0 Å². The van der Waals surface area contributed by atoms with Gasteiger partial charge < -0.3 is 4.74 Å². The minimum absolute atomic E-state index is 0.0544. The Morgan fingerprint density at radius 1 is 1.17 bits per heavy atom. The molecule has 6 nitrogen and oxygen atoms in total. The van der Waals surface area contributed by atoms with Crippen LogP contribution in [-0.2, 0) is 9.53 Å². The first-order valence-corrected chi connectivity index (χ1v) is 6.87. The number of esters is 1. The van der Waals surface area contributed by atoms with Gasteiger partial charge in [0.15, 0.2) is 5.70 Å². The van der Waals surface area contributed by atoms with Gasteiger partial charge in [0.2, 0.25) is 5.90 Å². The molecule has 0 atom stereocenters. The van der Waals surface area contributed by atoms with Gasteiger partial charge in [0, 0.05) is 6.07 Å². The Morgan fingerprint density at radius 3 is 2.70 bits per heavy atom. The lowest BCUT2D eigenvalue weighted by Gasteiger charge is -2.00. The highest BCUT2D eigenvalue weighted by Crippen LogP contribution is 2.25. The molecular weight excluding hydrogens is 296 g/mol. The number of carbonyl (C=O) groups excluding carboxylic acids is 1. The number of ether oxygens (including phenoxy) is 1. The number of hydrogen-bond donors (Lipinski definition) is 0. The Hall–Kier alpha value is -3.28. The third kappa shape index (κ3) is 3.01. The molecule has 0 unspecified atom stereocenters. The number of para-hydroxylation sites is 1. The molecule has 0 aromatic heterocycles. The smallest absolute Gasteiger partial charge is 0.363 e. The molecule has 0 aliphatic carbocycles. The maximum Gasteiger partial charge on any atom is 0.363 e. The summed E-state index contributed by atoms with van der Waals surface area (Å²) < 4.78 is 5.09. The molecule has 0 bridgehead atoms. The molecule has 1 heterocycles. The normalized spacial score (nSPS) is 15.4. The van der Waals surface area contributed by atoms with Crippen LogP contribution >= 0.6 is 0 Å². The monoisotopic (exact) mass is 308 g/mol. The van der Waals surface area contributed by atoms with Crippen LogP contribution in [-0.4, -0.2) is 16.8 Å². The number of benzene rings is 2. The van der Waals surface area contributed by atoms with Gasteiger partial charge in [0.25, 0.3) is 5.69 Å². The van der Waals surface area contributed by atoms with E-state index in [1.165, 1.54) is 12.1 Å². The largest absolute Gasteiger partial charge is 0.402 e. The van der Waals surface area contributed by atoms with Crippen LogP contribution in [0.15, 0.2) is 59.2 Å². The highest BCUT2D eigenvalue weighted by Gasteiger charge is 2.28. The van der Waals surface area contributed by atoms with Gasteiger partial charge in [0.05, 0.1) is 4.92 Å². The van der Waals surface area contributed by atoms with Crippen LogP contribution in [0, 0.1) is 17.0 Å². The maximum absolute atomic E-state index is 12.0. The highest BCUT2D eigenvalue weighted by atomic mass is 16.6. The number of nitro groups is 1. The van der Waals surface area contributed by atoms with Crippen molar-refractivity contribution >= 4 is 23.6 Å². The first-order chi connectivity index (χ1) is 11.0. The van der Waals surface area contributed by atoms with Crippen LogP contribution in [0.4, 0.5) is 5.69 Å². The summed E-state index contributed by atoms with van der Waals surface area (Å²) in [6, 6.07) is 13.6. The number of cyclic esters (lactones) is 1. The zero-order valence-electron chi connectivity index (χ0n) is 12.2. The van der Waals surface area contributed by atoms with E-state index in [0.717, 1.165) is 11.1 Å². The molecule has 0 saturated heterocycles. The van der Waals surface area contributed by atoms with Crippen LogP contribution in [0.1, 0.15) is 16.7 Å². The molecule has 1 aliphatic heterocycles. The van der Waals surface area contributed by atoms with E-state index in [1.807, 2.05) is 31.2 Å². The predicted molar refractivity (Wildman–Crippen MR) is 84.9 cm³/mol. The van der Waals surface area contributed by atoms with E-state index in [-0.39, 0.29) is 22.8 Å². The molecule has 23 heavy (non-hydrogen) atoms. The topological polar surface area (TPSA) is 81.8 Å². The molecule has 6 heteroatoms. The van der Waals surface area contributed by atoms with Crippen LogP contribution in [0.2, 0.25) is 0 Å². The Kier molecular flexibility index (Phi) is 3.72. The summed E-state index contributed by atoms with van der Waals surface area (Å²) in [6.07, 6.45) is 1.59. The minimum Gasteiger partial charge on any atom is -0.402 e. The predicted octanol–water partition coefficient (Wildman–Crippen LogP) is 3.25. The fraction of sp³-hybridized carbons (Fsp3) is 0.0588. The minimum atomic E-state index is -0.625. The summed E-state index contributed by atoms with van der Waals surface area (Å²) in [5.74, 6) is -0.680. The molecule has 0 radical (unpaired) electrons. The molecule has 0 saturated carbocycles. The van der Waals surface area contributed by atoms with Crippen molar-refractivity contribution < 1.29 is 14.5 Å². The number of aryl methyl sites for hydroxylation is 1. The van der Waals surface area contributed by atoms with E-state index in [9.17, 15) is 14.9 Å². The van der Waals surface area contributed by atoms with Crippen molar-refractivity contribution in [1.82, 2.24) is 0 Å². The lowest BCUT2D eigenvalue weighted by atomic mass is 10.1. The molecule has 0 fully saturated rings. The Bertz CT molecular complexity index is 868. The van der Waals surface area contributed by atoms with Crippen LogP contribution in [0.5, 0.6) is 0 Å². The van der Waals surface area contributed by atoms with E-state index < -0.39 is 10.9 Å². The summed E-state index contributed by atoms with van der Waals surface area (Å²) >= 11 is 0. The van der Waals surface area contributed by atoms with Gasteiger partial charge in [0.1, 0.15) is 5.56 Å². The fourth-order valence-corrected chi connectivity index (χ4v) is 2.26. The second-order valence-corrected chi connectivity index (χ2v) is 5.02. The van der Waals surface area contributed by atoms with Crippen molar-refractivity contribution in [2.75, 3.05) is 0 Å². The first kappa shape index (κ1) is 14.6. The van der Waals surface area contributed by atoms with E-state index in [0.29, 0.717) is 0 Å². The second-order valence-electron chi connectivity index (χ2n) is 5.02. The molecule has 0 amide bonds. The number of aliphatic imine (C=N–C) groups is 1. The number of rotatable bonds is 3. The maximum atomic E-state index is 12.0. The van der Waals surface area contributed by atoms with Crippen molar-refractivity contribution in [2.24, 2.45) is 4.99 Å². The fourth-order valence-electron chi connectivity index (χ4n) is 2.26. The van der Waals surface area contributed by atoms with Gasteiger partial charge >= 0.3 is 5.97 Å². The van der Waals surface area contributed by atoms with Gasteiger partial charge in [-0.05, 0) is 24.6 Å². The molecule has 2 aromatic rings. The lowest BCUT2D eigenvalue weighted by molar-refractivity contribution is -0.385. The standard InChI is InChI=1S/C17H12N2O4/c1-11-5-4-6-12(9-11)10-14-17(20)23-16(18-14)13-7-2-3-8-15(13)19(21)22/h2-10H,1H3. The van der Waals surface area contributed by atoms with Gasteiger partial charge in [-0.25, -0.2) is 9.79 Å². The number of nitro benzene ring substituents is 1. The summed E-state index contributed by atoms with van der Waals surface area (Å²) in [5.41, 5.74) is 2.00. The number of carbonyl (C=O) groups is 1. The van der Waals surface area contributed by atoms with Crippen molar-refractivity contribution in [1.29, 1.82) is 0 Å². The summed E-state index contributed by atoms with van der Waals surface area (Å²) in [4.78, 5) is 26.6. The molecule has 0 spiro atoms. The zero-order chi connectivity index (χ0) is 16.4. The molecular formula is C17H12N2O4. The molecule has 3 rings (SSSR count). The average Bonchev–Trinajstić information content (AvgIpc) is 2.88. The van der Waals surface area contributed by atoms with E-state index in [2.05, 4.69) is 4.99 Å². The van der Waals surface area contributed by atoms with Gasteiger partial charge in [-0.15, -0.1) is 0 Å². The summed E-state index contributed by atoms with van der Waals surface area (Å²) in [6.45, 7) is 1.94. The Morgan fingerprint density at radius 2 is 1.96 bits per heavy atom. The quantitative estimate of drug-likeness (QED) is 0.377. The molecule has 1 aliphatic rings. The van der Waals surface area contributed by atoms with Crippen molar-refractivity contribution in [3.05, 3.63) is 81.0 Å². The van der Waals surface area contributed by atoms with E-state index in [1.54, 1.807) is 18.2 Å². The molecule has 0 N–H and O–H groups in total. The van der Waals surface area contributed by atoms with Gasteiger partial charge in [-0.3, -0.25) is 10.1 Å². The average molecular weight is 308 g/mol. The second kappa shape index (κ2) is 5.84. The van der Waals surface area contributed by atoms with Crippen molar-refractivity contribution in [2.45, 2.75) is 6.92 Å². The van der Waals surface area contributed by atoms with E-state index >= 15 is 0 Å². The Labute approximate surface area is 131 Å². The van der Waals surface area contributed by atoms with Crippen molar-refractivity contribution in [3.8, 4) is 0 Å². The molecule has 2 aromatic carbocycles. The number of nitrogens with zero attached hydrogens (tertiary/aromatic N) is 2. The van der Waals surface area contributed by atoms with E-state index in [4.69, 9.17) is 4.74 Å². The van der Waals surface area contributed by atoms with Crippen molar-refractivity contribution in [3.63, 3.8) is 0 Å². The summed E-state index contributed by atoms with van der Waals surface area (Å²) in [5, 5.41) is 11.1. The summed E-state index contributed by atoms with van der Waals surface area (Å²) in [7, 11) is 0. The van der Waals surface area contributed by atoms with Crippen LogP contribution < -0.4 is 0 Å². The third-order valence-electron chi connectivity index (χ3n) is 3.30. The Balaban J connectivity index is 2.01. The van der Waals surface area contributed by atoms with Gasteiger partial charge in [-0.2, -0.15) is 0 Å². The molecule has 114 valence electrons. The van der Waals surface area contributed by atoms with Crippen LogP contribution in [0.3, 0.4) is 0 Å².